The van der Waals surface area contributed by atoms with Gasteiger partial charge in [0, 0.05) is 32.6 Å². The molecule has 3 aliphatic rings. The van der Waals surface area contributed by atoms with E-state index in [4.69, 9.17) is 0 Å². The molecule has 3 amide bonds. The van der Waals surface area contributed by atoms with Crippen LogP contribution in [0.4, 0.5) is 4.79 Å². The Balaban J connectivity index is 1.54. The summed E-state index contributed by atoms with van der Waals surface area (Å²) < 4.78 is 0. The quantitative estimate of drug-likeness (QED) is 0.846. The van der Waals surface area contributed by atoms with Crippen molar-refractivity contribution in [3.05, 3.63) is 0 Å². The van der Waals surface area contributed by atoms with Crippen LogP contribution in [-0.2, 0) is 4.79 Å². The third kappa shape index (κ3) is 2.91. The molecule has 5 heteroatoms. The fourth-order valence-corrected chi connectivity index (χ4v) is 3.51. The van der Waals surface area contributed by atoms with Crippen molar-refractivity contribution in [2.24, 2.45) is 11.8 Å². The minimum absolute atomic E-state index is 0.0376. The van der Waals surface area contributed by atoms with Crippen LogP contribution in [0.25, 0.3) is 0 Å². The molecule has 0 aromatic heterocycles. The number of amides is 3. The Hall–Kier alpha value is -1.26. The summed E-state index contributed by atoms with van der Waals surface area (Å²) in [4.78, 5) is 28.0. The number of nitrogens with one attached hydrogen (secondary N) is 1. The Labute approximate surface area is 120 Å². The Morgan fingerprint density at radius 3 is 2.80 bits per heavy atom. The molecule has 2 aliphatic heterocycles. The number of carbonyl (C=O) groups is 2. The largest absolute Gasteiger partial charge is 0.341 e. The Kier molecular flexibility index (Phi) is 3.85. The van der Waals surface area contributed by atoms with E-state index in [2.05, 4.69) is 12.2 Å². The number of rotatable bonds is 4. The predicted molar refractivity (Wildman–Crippen MR) is 76.2 cm³/mol. The first-order valence-corrected chi connectivity index (χ1v) is 7.97. The maximum absolute atomic E-state index is 12.4. The van der Waals surface area contributed by atoms with Gasteiger partial charge < -0.3 is 15.1 Å². The number of urea groups is 1. The lowest BCUT2D eigenvalue weighted by Crippen LogP contribution is -2.50. The molecular formula is C15H25N3O2. The molecule has 5 nitrogen and oxygen atoms in total. The summed E-state index contributed by atoms with van der Waals surface area (Å²) in [6.07, 6.45) is 5.31. The van der Waals surface area contributed by atoms with E-state index in [1.54, 1.807) is 0 Å². The zero-order chi connectivity index (χ0) is 14.1. The van der Waals surface area contributed by atoms with Gasteiger partial charge in [-0.1, -0.05) is 6.92 Å². The maximum atomic E-state index is 12.4. The summed E-state index contributed by atoms with van der Waals surface area (Å²) >= 11 is 0. The van der Waals surface area contributed by atoms with E-state index in [1.807, 2.05) is 9.80 Å². The lowest BCUT2D eigenvalue weighted by atomic mass is 9.99. The lowest BCUT2D eigenvalue weighted by Gasteiger charge is -2.37. The highest BCUT2D eigenvalue weighted by atomic mass is 16.2. The third-order valence-corrected chi connectivity index (χ3v) is 5.00. The van der Waals surface area contributed by atoms with Gasteiger partial charge in [-0.25, -0.2) is 4.79 Å². The fraction of sp³-hybridized carbons (Fsp3) is 0.867. The molecule has 2 unspecified atom stereocenters. The molecule has 0 radical (unpaired) electrons. The average Bonchev–Trinajstić information content (AvgIpc) is 3.21. The van der Waals surface area contributed by atoms with E-state index in [1.165, 1.54) is 12.8 Å². The molecule has 1 saturated carbocycles. The lowest BCUT2D eigenvalue weighted by molar-refractivity contribution is -0.134. The van der Waals surface area contributed by atoms with Crippen LogP contribution >= 0.6 is 0 Å². The van der Waals surface area contributed by atoms with Gasteiger partial charge in [-0.3, -0.25) is 4.79 Å². The zero-order valence-electron chi connectivity index (χ0n) is 12.3. The second-order valence-electron chi connectivity index (χ2n) is 6.58. The molecule has 2 heterocycles. The van der Waals surface area contributed by atoms with Gasteiger partial charge in [0.2, 0.25) is 5.91 Å². The van der Waals surface area contributed by atoms with Gasteiger partial charge in [0.15, 0.2) is 0 Å². The molecule has 1 aliphatic carbocycles. The van der Waals surface area contributed by atoms with Crippen molar-refractivity contribution >= 4 is 11.9 Å². The molecule has 112 valence electrons. The fourth-order valence-electron chi connectivity index (χ4n) is 3.51. The molecule has 0 aromatic carbocycles. The second kappa shape index (κ2) is 5.62. The first-order valence-electron chi connectivity index (χ1n) is 7.97. The molecule has 2 atom stereocenters. The van der Waals surface area contributed by atoms with Crippen molar-refractivity contribution < 1.29 is 9.59 Å². The first-order chi connectivity index (χ1) is 9.65. The number of hydrogen-bond donors (Lipinski definition) is 1. The summed E-state index contributed by atoms with van der Waals surface area (Å²) in [6, 6.07) is 0.252. The molecule has 0 bridgehead atoms. The van der Waals surface area contributed by atoms with Crippen LogP contribution < -0.4 is 5.32 Å². The minimum Gasteiger partial charge on any atom is -0.341 e. The molecule has 3 rings (SSSR count). The monoisotopic (exact) mass is 279 g/mol. The van der Waals surface area contributed by atoms with Crippen molar-refractivity contribution in [2.75, 3.05) is 26.2 Å². The van der Waals surface area contributed by atoms with Crippen molar-refractivity contribution in [3.63, 3.8) is 0 Å². The second-order valence-corrected chi connectivity index (χ2v) is 6.58. The highest BCUT2D eigenvalue weighted by molar-refractivity contribution is 5.78. The third-order valence-electron chi connectivity index (χ3n) is 5.00. The number of nitrogens with zero attached hydrogens (tertiary/aromatic N) is 2. The highest BCUT2D eigenvalue weighted by Crippen LogP contribution is 2.38. The molecule has 1 N–H and O–H groups in total. The van der Waals surface area contributed by atoms with Crippen LogP contribution in [0.2, 0.25) is 0 Å². The van der Waals surface area contributed by atoms with Crippen molar-refractivity contribution in [2.45, 2.75) is 45.1 Å². The van der Waals surface area contributed by atoms with E-state index >= 15 is 0 Å². The SMILES string of the molecule is CC(CC(=O)N1CCCC(N2CCNC2=O)C1)C1CC1. The normalized spacial score (nSPS) is 28.4. The van der Waals surface area contributed by atoms with Crippen LogP contribution in [0.3, 0.4) is 0 Å². The molecule has 20 heavy (non-hydrogen) atoms. The minimum atomic E-state index is 0.0376. The van der Waals surface area contributed by atoms with E-state index in [0.29, 0.717) is 12.3 Å². The number of carbonyl (C=O) groups excluding carboxylic acids is 2. The van der Waals surface area contributed by atoms with Gasteiger partial charge >= 0.3 is 6.03 Å². The van der Waals surface area contributed by atoms with E-state index < -0.39 is 0 Å². The zero-order valence-corrected chi connectivity index (χ0v) is 12.3. The summed E-state index contributed by atoms with van der Waals surface area (Å²) in [5.74, 6) is 1.59. The average molecular weight is 279 g/mol. The van der Waals surface area contributed by atoms with E-state index in [-0.39, 0.29) is 18.0 Å². The predicted octanol–water partition coefficient (Wildman–Crippen LogP) is 1.44. The van der Waals surface area contributed by atoms with Gasteiger partial charge in [-0.15, -0.1) is 0 Å². The smallest absolute Gasteiger partial charge is 0.317 e. The van der Waals surface area contributed by atoms with E-state index in [9.17, 15) is 9.59 Å². The topological polar surface area (TPSA) is 52.7 Å². The molecular weight excluding hydrogens is 254 g/mol. The highest BCUT2D eigenvalue weighted by Gasteiger charge is 2.34. The van der Waals surface area contributed by atoms with Crippen LogP contribution in [0.5, 0.6) is 0 Å². The molecule has 0 aromatic rings. The summed E-state index contributed by atoms with van der Waals surface area (Å²) in [6.45, 7) is 5.31. The van der Waals surface area contributed by atoms with Crippen molar-refractivity contribution in [1.29, 1.82) is 0 Å². The number of hydrogen-bond acceptors (Lipinski definition) is 2. The molecule has 3 fully saturated rings. The van der Waals surface area contributed by atoms with Crippen molar-refractivity contribution in [3.8, 4) is 0 Å². The van der Waals surface area contributed by atoms with Gasteiger partial charge in [0.05, 0.1) is 6.04 Å². The summed E-state index contributed by atoms with van der Waals surface area (Å²) in [5.41, 5.74) is 0. The Morgan fingerprint density at radius 2 is 2.15 bits per heavy atom. The van der Waals surface area contributed by atoms with Gasteiger partial charge in [-0.05, 0) is 37.5 Å². The molecule has 0 spiro atoms. The molecule has 2 saturated heterocycles. The maximum Gasteiger partial charge on any atom is 0.317 e. The van der Waals surface area contributed by atoms with E-state index in [0.717, 1.165) is 44.9 Å². The summed E-state index contributed by atoms with van der Waals surface area (Å²) in [7, 11) is 0. The first kappa shape index (κ1) is 13.7. The number of likely N-dealkylation sites (tertiary alicyclic amines) is 1. The number of piperidine rings is 1. The van der Waals surface area contributed by atoms with Crippen LogP contribution in [0.15, 0.2) is 0 Å². The van der Waals surface area contributed by atoms with Crippen molar-refractivity contribution in [1.82, 2.24) is 15.1 Å². The summed E-state index contributed by atoms with van der Waals surface area (Å²) in [5, 5.41) is 2.85. The van der Waals surface area contributed by atoms with Crippen LogP contribution in [0.1, 0.15) is 39.0 Å². The van der Waals surface area contributed by atoms with Crippen LogP contribution in [-0.4, -0.2) is 54.0 Å². The Morgan fingerprint density at radius 1 is 1.35 bits per heavy atom. The van der Waals surface area contributed by atoms with Crippen LogP contribution in [0, 0.1) is 11.8 Å². The van der Waals surface area contributed by atoms with Gasteiger partial charge in [0.25, 0.3) is 0 Å². The van der Waals surface area contributed by atoms with Gasteiger partial charge in [0.1, 0.15) is 0 Å². The van der Waals surface area contributed by atoms with Gasteiger partial charge in [-0.2, -0.15) is 0 Å². The Bertz CT molecular complexity index is 395. The standard InChI is InChI=1S/C15H25N3O2/c1-11(12-4-5-12)9-14(19)17-7-2-3-13(10-17)18-8-6-16-15(18)20/h11-13H,2-10H2,1H3,(H,16,20).